The minimum Gasteiger partial charge on any atom is -0.303 e. The van der Waals surface area contributed by atoms with Crippen LogP contribution < -0.4 is 0 Å². The molecule has 0 unspecified atom stereocenters. The molecule has 1 saturated carbocycles. The summed E-state index contributed by atoms with van der Waals surface area (Å²) in [5.41, 5.74) is 1.40. The highest BCUT2D eigenvalue weighted by atomic mass is 15.4. The van der Waals surface area contributed by atoms with Crippen molar-refractivity contribution in [1.29, 1.82) is 0 Å². The molecule has 2 heteroatoms. The van der Waals surface area contributed by atoms with Gasteiger partial charge >= 0.3 is 0 Å². The van der Waals surface area contributed by atoms with Crippen LogP contribution in [0.3, 0.4) is 0 Å². The maximum absolute atomic E-state index is 4.66. The third-order valence-electron chi connectivity index (χ3n) is 3.15. The lowest BCUT2D eigenvalue weighted by atomic mass is 9.87. The van der Waals surface area contributed by atoms with Gasteiger partial charge in [-0.2, -0.15) is 5.10 Å². The van der Waals surface area contributed by atoms with Crippen molar-refractivity contribution in [2.24, 2.45) is 22.9 Å². The van der Waals surface area contributed by atoms with Crippen molar-refractivity contribution in [3.8, 4) is 0 Å². The van der Waals surface area contributed by atoms with Gasteiger partial charge in [0.05, 0.1) is 0 Å². The predicted octanol–water partition coefficient (Wildman–Crippen LogP) is 3.00. The third-order valence-corrected chi connectivity index (χ3v) is 3.15. The molecule has 0 aromatic rings. The molecule has 0 spiro atoms. The van der Waals surface area contributed by atoms with Gasteiger partial charge in [0, 0.05) is 25.7 Å². The number of nitrogens with zero attached hydrogens (tertiary/aromatic N) is 2. The summed E-state index contributed by atoms with van der Waals surface area (Å²) >= 11 is 0. The Morgan fingerprint density at radius 2 is 1.93 bits per heavy atom. The quantitative estimate of drug-likeness (QED) is 0.500. The second-order valence-electron chi connectivity index (χ2n) is 5.04. The summed E-state index contributed by atoms with van der Waals surface area (Å²) in [6.07, 6.45) is 4.10. The van der Waals surface area contributed by atoms with E-state index in [1.807, 2.05) is 19.1 Å². The lowest BCUT2D eigenvalue weighted by Gasteiger charge is -2.22. The van der Waals surface area contributed by atoms with Crippen molar-refractivity contribution >= 4 is 5.71 Å². The van der Waals surface area contributed by atoms with Gasteiger partial charge < -0.3 is 5.01 Å². The fraction of sp³-hybridized carbons (Fsp3) is 0.917. The van der Waals surface area contributed by atoms with Crippen molar-refractivity contribution in [2.45, 2.75) is 40.0 Å². The van der Waals surface area contributed by atoms with E-state index in [0.29, 0.717) is 5.92 Å². The molecule has 0 saturated heterocycles. The fourth-order valence-electron chi connectivity index (χ4n) is 2.43. The highest BCUT2D eigenvalue weighted by molar-refractivity contribution is 5.88. The Morgan fingerprint density at radius 3 is 2.29 bits per heavy atom. The molecule has 14 heavy (non-hydrogen) atoms. The van der Waals surface area contributed by atoms with Crippen molar-refractivity contribution in [3.63, 3.8) is 0 Å². The van der Waals surface area contributed by atoms with Crippen LogP contribution in [0.4, 0.5) is 0 Å². The Kier molecular flexibility index (Phi) is 3.97. The van der Waals surface area contributed by atoms with Gasteiger partial charge in [-0.1, -0.05) is 33.6 Å². The molecular formula is C12H24N2. The van der Waals surface area contributed by atoms with Gasteiger partial charge in [0.1, 0.15) is 0 Å². The molecular weight excluding hydrogens is 172 g/mol. The molecule has 0 amide bonds. The van der Waals surface area contributed by atoms with Crippen LogP contribution in [0.15, 0.2) is 5.10 Å². The minimum atomic E-state index is 0.586. The Hall–Kier alpha value is -0.530. The number of hydrogen-bond acceptors (Lipinski definition) is 2. The van der Waals surface area contributed by atoms with Crippen molar-refractivity contribution in [3.05, 3.63) is 0 Å². The lowest BCUT2D eigenvalue weighted by molar-refractivity contribution is 0.416. The lowest BCUT2D eigenvalue weighted by Crippen LogP contribution is -2.25. The van der Waals surface area contributed by atoms with Gasteiger partial charge in [-0.05, 0) is 18.3 Å². The maximum atomic E-state index is 4.66. The normalized spacial score (nSPS) is 28.6. The van der Waals surface area contributed by atoms with Gasteiger partial charge in [0.25, 0.3) is 0 Å². The van der Waals surface area contributed by atoms with Gasteiger partial charge in [-0.25, -0.2) is 0 Å². The van der Waals surface area contributed by atoms with E-state index >= 15 is 0 Å². The fourth-order valence-corrected chi connectivity index (χ4v) is 2.43. The van der Waals surface area contributed by atoms with Crippen LogP contribution in [0.2, 0.25) is 0 Å². The third kappa shape index (κ3) is 2.73. The molecule has 1 aliphatic carbocycles. The average molecular weight is 196 g/mol. The summed E-state index contributed by atoms with van der Waals surface area (Å²) < 4.78 is 0. The monoisotopic (exact) mass is 196 g/mol. The molecule has 82 valence electrons. The molecule has 2 nitrogen and oxygen atoms in total. The summed E-state index contributed by atoms with van der Waals surface area (Å²) in [5.74, 6) is 2.15. The SMILES string of the molecule is CC(C)/C(=N\N(C)C)[C@@H]1CCC[C@@H]1C. The summed E-state index contributed by atoms with van der Waals surface area (Å²) in [7, 11) is 4.03. The van der Waals surface area contributed by atoms with E-state index in [2.05, 4.69) is 25.9 Å². The molecule has 0 bridgehead atoms. The number of rotatable bonds is 3. The van der Waals surface area contributed by atoms with Crippen molar-refractivity contribution in [1.82, 2.24) is 5.01 Å². The predicted molar refractivity (Wildman–Crippen MR) is 62.5 cm³/mol. The first-order valence-corrected chi connectivity index (χ1v) is 5.78. The summed E-state index contributed by atoms with van der Waals surface area (Å²) in [5, 5.41) is 6.60. The van der Waals surface area contributed by atoms with Crippen LogP contribution in [0, 0.1) is 17.8 Å². The molecule has 0 aromatic carbocycles. The first-order chi connectivity index (χ1) is 6.52. The van der Waals surface area contributed by atoms with Gasteiger partial charge in [-0.15, -0.1) is 0 Å². The van der Waals surface area contributed by atoms with Gasteiger partial charge in [-0.3, -0.25) is 0 Å². The zero-order chi connectivity index (χ0) is 10.7. The van der Waals surface area contributed by atoms with Crippen molar-refractivity contribution in [2.75, 3.05) is 14.1 Å². The van der Waals surface area contributed by atoms with Crippen LogP contribution in [-0.4, -0.2) is 24.8 Å². The van der Waals surface area contributed by atoms with E-state index in [1.54, 1.807) is 0 Å². The summed E-state index contributed by atoms with van der Waals surface area (Å²) in [4.78, 5) is 0. The highest BCUT2D eigenvalue weighted by Gasteiger charge is 2.29. The van der Waals surface area contributed by atoms with E-state index in [-0.39, 0.29) is 0 Å². The van der Waals surface area contributed by atoms with Crippen LogP contribution in [0.1, 0.15) is 40.0 Å². The highest BCUT2D eigenvalue weighted by Crippen LogP contribution is 2.34. The Bertz CT molecular complexity index is 206. The molecule has 0 aromatic heterocycles. The van der Waals surface area contributed by atoms with Gasteiger partial charge in [0.2, 0.25) is 0 Å². The zero-order valence-electron chi connectivity index (χ0n) is 10.2. The molecule has 0 aliphatic heterocycles. The van der Waals surface area contributed by atoms with E-state index in [4.69, 9.17) is 0 Å². The minimum absolute atomic E-state index is 0.586. The van der Waals surface area contributed by atoms with Gasteiger partial charge in [0.15, 0.2) is 0 Å². The largest absolute Gasteiger partial charge is 0.303 e. The Labute approximate surface area is 88.4 Å². The summed E-state index contributed by atoms with van der Waals surface area (Å²) in [6, 6.07) is 0. The standard InChI is InChI=1S/C12H24N2/c1-9(2)12(13-14(4)5)11-8-6-7-10(11)3/h9-11H,6-8H2,1-5H3/b13-12+/t10-,11+/m0/s1. The second kappa shape index (κ2) is 4.81. The first kappa shape index (κ1) is 11.5. The van der Waals surface area contributed by atoms with Crippen LogP contribution in [0.25, 0.3) is 0 Å². The first-order valence-electron chi connectivity index (χ1n) is 5.78. The van der Waals surface area contributed by atoms with E-state index in [9.17, 15) is 0 Å². The molecule has 1 fully saturated rings. The molecule has 0 N–H and O–H groups in total. The molecule has 2 atom stereocenters. The molecule has 0 heterocycles. The topological polar surface area (TPSA) is 15.6 Å². The summed E-state index contributed by atoms with van der Waals surface area (Å²) in [6.45, 7) is 6.88. The second-order valence-corrected chi connectivity index (χ2v) is 5.04. The van der Waals surface area contributed by atoms with E-state index in [0.717, 1.165) is 11.8 Å². The van der Waals surface area contributed by atoms with Crippen molar-refractivity contribution < 1.29 is 0 Å². The number of hydrogen-bond donors (Lipinski definition) is 0. The Morgan fingerprint density at radius 1 is 1.29 bits per heavy atom. The molecule has 1 aliphatic rings. The van der Waals surface area contributed by atoms with Crippen LogP contribution in [0.5, 0.6) is 0 Å². The molecule has 1 rings (SSSR count). The van der Waals surface area contributed by atoms with E-state index in [1.165, 1.54) is 25.0 Å². The van der Waals surface area contributed by atoms with E-state index < -0.39 is 0 Å². The van der Waals surface area contributed by atoms with Crippen LogP contribution >= 0.6 is 0 Å². The number of hydrazone groups is 1. The maximum Gasteiger partial charge on any atom is 0.0439 e. The Balaban J connectivity index is 2.77. The molecule has 0 radical (unpaired) electrons. The van der Waals surface area contributed by atoms with Crippen LogP contribution in [-0.2, 0) is 0 Å². The average Bonchev–Trinajstić information content (AvgIpc) is 2.46. The zero-order valence-corrected chi connectivity index (χ0v) is 10.2. The smallest absolute Gasteiger partial charge is 0.0439 e.